The first-order valence-electron chi connectivity index (χ1n) is 7.47. The Morgan fingerprint density at radius 3 is 2.48 bits per heavy atom. The molecule has 0 atom stereocenters. The number of benzene rings is 1. The molecular weight excluding hydrogens is 320 g/mol. The second kappa shape index (κ2) is 6.49. The van der Waals surface area contributed by atoms with Crippen molar-refractivity contribution >= 4 is 11.8 Å². The van der Waals surface area contributed by atoms with E-state index in [9.17, 15) is 5.26 Å². The minimum Gasteiger partial charge on any atom is -0.489 e. The Labute approximate surface area is 144 Å². The van der Waals surface area contributed by atoms with Gasteiger partial charge in [-0.05, 0) is 38.1 Å². The molecule has 2 heterocycles. The molecule has 0 amide bonds. The van der Waals surface area contributed by atoms with E-state index in [1.807, 2.05) is 19.9 Å². The van der Waals surface area contributed by atoms with E-state index in [0.29, 0.717) is 23.6 Å². The van der Waals surface area contributed by atoms with Crippen molar-refractivity contribution in [2.45, 2.75) is 20.5 Å². The second-order valence-corrected chi connectivity index (χ2v) is 5.42. The van der Waals surface area contributed by atoms with Gasteiger partial charge in [-0.15, -0.1) is 0 Å². The lowest BCUT2D eigenvalue weighted by Gasteiger charge is -2.09. The predicted molar refractivity (Wildman–Crippen MR) is 91.3 cm³/mol. The summed E-state index contributed by atoms with van der Waals surface area (Å²) < 4.78 is 10.9. The van der Waals surface area contributed by atoms with Crippen LogP contribution in [0, 0.1) is 25.2 Å². The quantitative estimate of drug-likeness (QED) is 0.740. The Hall–Kier alpha value is -3.60. The molecule has 8 heteroatoms. The molecular formula is C17H16N6O2. The van der Waals surface area contributed by atoms with Gasteiger partial charge in [0.15, 0.2) is 0 Å². The largest absolute Gasteiger partial charge is 0.489 e. The summed E-state index contributed by atoms with van der Waals surface area (Å²) >= 11 is 0. The first-order valence-corrected chi connectivity index (χ1v) is 7.47. The fourth-order valence-electron chi connectivity index (χ4n) is 2.39. The van der Waals surface area contributed by atoms with Gasteiger partial charge in [0.1, 0.15) is 35.6 Å². The fraction of sp³-hybridized carbons (Fsp3) is 0.176. The highest BCUT2D eigenvalue weighted by Gasteiger charge is 2.14. The van der Waals surface area contributed by atoms with Gasteiger partial charge in [-0.2, -0.15) is 10.2 Å². The zero-order chi connectivity index (χ0) is 18.0. The minimum absolute atomic E-state index is 0.0187. The molecule has 0 bridgehead atoms. The normalized spacial score (nSPS) is 10.4. The van der Waals surface area contributed by atoms with Crippen LogP contribution < -0.4 is 16.2 Å². The highest BCUT2D eigenvalue weighted by Crippen LogP contribution is 2.27. The number of nitrogens with two attached hydrogens (primary N) is 2. The minimum atomic E-state index is 0.0187. The molecule has 3 rings (SSSR count). The van der Waals surface area contributed by atoms with Crippen LogP contribution in [-0.4, -0.2) is 15.1 Å². The molecule has 0 radical (unpaired) electrons. The van der Waals surface area contributed by atoms with Crippen LogP contribution in [0.25, 0.3) is 11.3 Å². The van der Waals surface area contributed by atoms with Crippen LogP contribution in [0.4, 0.5) is 11.8 Å². The Morgan fingerprint density at radius 2 is 1.88 bits per heavy atom. The molecule has 0 aliphatic heterocycles. The van der Waals surface area contributed by atoms with E-state index in [0.717, 1.165) is 17.0 Å². The second-order valence-electron chi connectivity index (χ2n) is 5.42. The average molecular weight is 336 g/mol. The van der Waals surface area contributed by atoms with Crippen LogP contribution in [0.5, 0.6) is 5.75 Å². The number of ether oxygens (including phenoxy) is 1. The van der Waals surface area contributed by atoms with Crippen molar-refractivity contribution in [1.29, 1.82) is 5.26 Å². The Balaban J connectivity index is 1.83. The SMILES string of the molecule is Cc1noc(C)c1COc1ccc(-c2nc(N)nc(N)c2C#N)cc1. The van der Waals surface area contributed by atoms with Crippen LogP contribution in [0.1, 0.15) is 22.6 Å². The number of nitrogen functional groups attached to an aromatic ring is 2. The van der Waals surface area contributed by atoms with Gasteiger partial charge in [0.05, 0.1) is 17.0 Å². The van der Waals surface area contributed by atoms with Crippen molar-refractivity contribution in [2.24, 2.45) is 0 Å². The highest BCUT2D eigenvalue weighted by molar-refractivity contribution is 5.73. The van der Waals surface area contributed by atoms with Gasteiger partial charge in [0.2, 0.25) is 5.95 Å². The van der Waals surface area contributed by atoms with Gasteiger partial charge in [0, 0.05) is 5.56 Å². The number of hydrogen-bond donors (Lipinski definition) is 2. The van der Waals surface area contributed by atoms with Crippen molar-refractivity contribution in [3.8, 4) is 23.1 Å². The summed E-state index contributed by atoms with van der Waals surface area (Å²) in [5, 5.41) is 13.2. The molecule has 0 saturated heterocycles. The number of nitriles is 1. The molecule has 25 heavy (non-hydrogen) atoms. The number of rotatable bonds is 4. The van der Waals surface area contributed by atoms with E-state index in [4.69, 9.17) is 20.7 Å². The fourth-order valence-corrected chi connectivity index (χ4v) is 2.39. The monoisotopic (exact) mass is 336 g/mol. The van der Waals surface area contributed by atoms with Crippen molar-refractivity contribution in [3.05, 3.63) is 46.8 Å². The standard InChI is InChI=1S/C17H16N6O2/c1-9-14(10(2)25-23-9)8-24-12-5-3-11(4-6-12)15-13(7-18)16(19)22-17(20)21-15/h3-6H,8H2,1-2H3,(H4,19,20,21,22). The van der Waals surface area contributed by atoms with E-state index < -0.39 is 0 Å². The lowest BCUT2D eigenvalue weighted by Crippen LogP contribution is -2.05. The van der Waals surface area contributed by atoms with E-state index in [-0.39, 0.29) is 17.3 Å². The lowest BCUT2D eigenvalue weighted by molar-refractivity contribution is 0.302. The van der Waals surface area contributed by atoms with Gasteiger partial charge in [0.25, 0.3) is 0 Å². The van der Waals surface area contributed by atoms with Crippen molar-refractivity contribution in [2.75, 3.05) is 11.5 Å². The smallest absolute Gasteiger partial charge is 0.222 e. The Morgan fingerprint density at radius 1 is 1.16 bits per heavy atom. The van der Waals surface area contributed by atoms with Gasteiger partial charge < -0.3 is 20.7 Å². The molecule has 0 saturated carbocycles. The van der Waals surface area contributed by atoms with Crippen molar-refractivity contribution < 1.29 is 9.26 Å². The molecule has 3 aromatic rings. The zero-order valence-electron chi connectivity index (χ0n) is 13.8. The third kappa shape index (κ3) is 3.21. The number of hydrogen-bond acceptors (Lipinski definition) is 8. The molecule has 0 aliphatic carbocycles. The molecule has 126 valence electrons. The topological polar surface area (TPSA) is 137 Å². The van der Waals surface area contributed by atoms with Crippen LogP contribution in [0.3, 0.4) is 0 Å². The third-order valence-electron chi connectivity index (χ3n) is 3.76. The summed E-state index contributed by atoms with van der Waals surface area (Å²) in [6.07, 6.45) is 0. The summed E-state index contributed by atoms with van der Waals surface area (Å²) in [5.74, 6) is 1.48. The van der Waals surface area contributed by atoms with Gasteiger partial charge >= 0.3 is 0 Å². The number of anilines is 2. The number of aryl methyl sites for hydroxylation is 2. The maximum Gasteiger partial charge on any atom is 0.222 e. The molecule has 2 aromatic heterocycles. The van der Waals surface area contributed by atoms with E-state index in [2.05, 4.69) is 15.1 Å². The average Bonchev–Trinajstić information content (AvgIpc) is 2.91. The summed E-state index contributed by atoms with van der Waals surface area (Å²) in [7, 11) is 0. The predicted octanol–water partition coefficient (Wildman–Crippen LogP) is 2.36. The molecule has 0 aliphatic rings. The Kier molecular flexibility index (Phi) is 4.22. The first-order chi connectivity index (χ1) is 12.0. The van der Waals surface area contributed by atoms with E-state index >= 15 is 0 Å². The lowest BCUT2D eigenvalue weighted by atomic mass is 10.1. The van der Waals surface area contributed by atoms with Crippen molar-refractivity contribution in [1.82, 2.24) is 15.1 Å². The Bertz CT molecular complexity index is 937. The number of nitrogens with zero attached hydrogens (tertiary/aromatic N) is 4. The first kappa shape index (κ1) is 16.3. The zero-order valence-corrected chi connectivity index (χ0v) is 13.8. The summed E-state index contributed by atoms with van der Waals surface area (Å²) in [4.78, 5) is 7.92. The molecule has 0 unspecified atom stereocenters. The maximum atomic E-state index is 9.26. The summed E-state index contributed by atoms with van der Waals surface area (Å²) in [6, 6.07) is 9.13. The van der Waals surface area contributed by atoms with E-state index in [1.165, 1.54) is 0 Å². The molecule has 0 fully saturated rings. The molecule has 1 aromatic carbocycles. The van der Waals surface area contributed by atoms with Gasteiger partial charge in [-0.1, -0.05) is 5.16 Å². The van der Waals surface area contributed by atoms with Crippen LogP contribution >= 0.6 is 0 Å². The van der Waals surface area contributed by atoms with E-state index in [1.54, 1.807) is 24.3 Å². The molecule has 4 N–H and O–H groups in total. The molecule has 8 nitrogen and oxygen atoms in total. The molecule has 0 spiro atoms. The van der Waals surface area contributed by atoms with Gasteiger partial charge in [-0.3, -0.25) is 0 Å². The van der Waals surface area contributed by atoms with Crippen LogP contribution in [0.2, 0.25) is 0 Å². The third-order valence-corrected chi connectivity index (χ3v) is 3.76. The number of aromatic nitrogens is 3. The van der Waals surface area contributed by atoms with Crippen molar-refractivity contribution in [3.63, 3.8) is 0 Å². The summed E-state index contributed by atoms with van der Waals surface area (Å²) in [6.45, 7) is 4.07. The van der Waals surface area contributed by atoms with Gasteiger partial charge in [-0.25, -0.2) is 4.98 Å². The maximum absolute atomic E-state index is 9.26. The van der Waals surface area contributed by atoms with Crippen LogP contribution in [0.15, 0.2) is 28.8 Å². The summed E-state index contributed by atoms with van der Waals surface area (Å²) in [5.41, 5.74) is 14.4. The van der Waals surface area contributed by atoms with Crippen LogP contribution in [-0.2, 0) is 6.61 Å². The highest BCUT2D eigenvalue weighted by atomic mass is 16.5.